The smallest absolute Gasteiger partial charge is 1.00 e. The molecule has 0 aromatic heterocycles. The second-order valence-corrected chi connectivity index (χ2v) is 2.14. The Labute approximate surface area is 102 Å². The summed E-state index contributed by atoms with van der Waals surface area (Å²) in [6.07, 6.45) is 6.08. The fourth-order valence-electron chi connectivity index (χ4n) is 0.715. The third-order valence-electron chi connectivity index (χ3n) is 1.26. The van der Waals surface area contributed by atoms with Gasteiger partial charge in [0.25, 0.3) is 0 Å². The minimum absolute atomic E-state index is 0. The third-order valence-corrected chi connectivity index (χ3v) is 1.26. The van der Waals surface area contributed by atoms with E-state index in [0.29, 0.717) is 6.61 Å². The Morgan fingerprint density at radius 3 is 2.11 bits per heavy atom. The molecule has 0 saturated carbocycles. The number of aliphatic hydroxyl groups excluding tert-OH is 1. The standard InChI is InChI=1S/C7H16O.K.H/c1-2-3-4-5-6-7-8;;/h8H,2-7H2,1H3;;/q;+1;-1. The molecule has 52 valence electrons. The van der Waals surface area contributed by atoms with E-state index in [0.717, 1.165) is 6.42 Å². The first-order chi connectivity index (χ1) is 3.91. The summed E-state index contributed by atoms with van der Waals surface area (Å²) in [5, 5.41) is 8.37. The van der Waals surface area contributed by atoms with E-state index >= 15 is 0 Å². The summed E-state index contributed by atoms with van der Waals surface area (Å²) in [6.45, 7) is 2.56. The molecule has 1 nitrogen and oxygen atoms in total. The van der Waals surface area contributed by atoms with Gasteiger partial charge in [-0.2, -0.15) is 0 Å². The molecule has 0 unspecified atom stereocenters. The van der Waals surface area contributed by atoms with E-state index in [1.165, 1.54) is 25.7 Å². The maximum absolute atomic E-state index is 8.37. The summed E-state index contributed by atoms with van der Waals surface area (Å²) in [5.74, 6) is 0. The summed E-state index contributed by atoms with van der Waals surface area (Å²) < 4.78 is 0. The van der Waals surface area contributed by atoms with Crippen molar-refractivity contribution < 1.29 is 57.9 Å². The fourth-order valence-corrected chi connectivity index (χ4v) is 0.715. The van der Waals surface area contributed by atoms with Gasteiger partial charge in [0, 0.05) is 6.61 Å². The molecule has 0 bridgehead atoms. The van der Waals surface area contributed by atoms with Crippen LogP contribution in [0.4, 0.5) is 0 Å². The Bertz CT molecular complexity index is 38.6. The zero-order valence-corrected chi connectivity index (χ0v) is 9.81. The van der Waals surface area contributed by atoms with Crippen LogP contribution in [0.3, 0.4) is 0 Å². The monoisotopic (exact) mass is 156 g/mol. The van der Waals surface area contributed by atoms with Crippen molar-refractivity contribution >= 4 is 0 Å². The van der Waals surface area contributed by atoms with Crippen molar-refractivity contribution in [3.05, 3.63) is 0 Å². The molecule has 0 atom stereocenters. The minimum Gasteiger partial charge on any atom is -1.00 e. The summed E-state index contributed by atoms with van der Waals surface area (Å²) in [5.41, 5.74) is 0. The molecule has 1 N–H and O–H groups in total. The van der Waals surface area contributed by atoms with E-state index in [-0.39, 0.29) is 52.8 Å². The van der Waals surface area contributed by atoms with Gasteiger partial charge in [0.2, 0.25) is 0 Å². The van der Waals surface area contributed by atoms with Crippen LogP contribution in [0.1, 0.15) is 40.5 Å². The number of rotatable bonds is 5. The summed E-state index contributed by atoms with van der Waals surface area (Å²) in [7, 11) is 0. The Morgan fingerprint density at radius 2 is 1.67 bits per heavy atom. The minimum atomic E-state index is 0. The maximum atomic E-state index is 8.37. The molecule has 0 aliphatic rings. The second-order valence-electron chi connectivity index (χ2n) is 2.14. The normalized spacial score (nSPS) is 8.67. The van der Waals surface area contributed by atoms with Crippen LogP contribution in [0.2, 0.25) is 0 Å². The zero-order valence-electron chi connectivity index (χ0n) is 7.69. The van der Waals surface area contributed by atoms with Crippen LogP contribution in [0.25, 0.3) is 0 Å². The van der Waals surface area contributed by atoms with Crippen LogP contribution >= 0.6 is 0 Å². The van der Waals surface area contributed by atoms with Crippen molar-refractivity contribution in [2.24, 2.45) is 0 Å². The summed E-state index contributed by atoms with van der Waals surface area (Å²) in [4.78, 5) is 0. The van der Waals surface area contributed by atoms with Gasteiger partial charge in [0.05, 0.1) is 0 Å². The molecule has 0 spiro atoms. The zero-order chi connectivity index (χ0) is 6.24. The predicted molar refractivity (Wildman–Crippen MR) is 37.0 cm³/mol. The number of aliphatic hydroxyl groups is 1. The van der Waals surface area contributed by atoms with Crippen LogP contribution in [0.15, 0.2) is 0 Å². The van der Waals surface area contributed by atoms with Gasteiger partial charge in [-0.25, -0.2) is 0 Å². The third kappa shape index (κ3) is 12.7. The first-order valence-corrected chi connectivity index (χ1v) is 3.52. The molecule has 0 aliphatic heterocycles. The van der Waals surface area contributed by atoms with E-state index < -0.39 is 0 Å². The SMILES string of the molecule is CCCCCCCO.[H-].[K+]. The molecule has 0 aromatic rings. The van der Waals surface area contributed by atoms with Crippen molar-refractivity contribution in [1.29, 1.82) is 0 Å². The van der Waals surface area contributed by atoms with Gasteiger partial charge in [-0.05, 0) is 6.42 Å². The molecule has 0 heterocycles. The molecular weight excluding hydrogens is 139 g/mol. The molecule has 0 radical (unpaired) electrons. The molecule has 0 amide bonds. The molecular formula is C7H17KO. The summed E-state index contributed by atoms with van der Waals surface area (Å²) in [6, 6.07) is 0. The van der Waals surface area contributed by atoms with Gasteiger partial charge >= 0.3 is 51.4 Å². The molecule has 2 heteroatoms. The van der Waals surface area contributed by atoms with Gasteiger partial charge < -0.3 is 6.53 Å². The number of hydrogen-bond donors (Lipinski definition) is 1. The van der Waals surface area contributed by atoms with Gasteiger partial charge in [0.1, 0.15) is 0 Å². The average molecular weight is 156 g/mol. The number of hydrogen-bond acceptors (Lipinski definition) is 1. The molecule has 9 heavy (non-hydrogen) atoms. The second kappa shape index (κ2) is 12.3. The van der Waals surface area contributed by atoms with Crippen LogP contribution in [0.5, 0.6) is 0 Å². The topological polar surface area (TPSA) is 20.2 Å². The Balaban J connectivity index is -0.000000245. The van der Waals surface area contributed by atoms with E-state index in [9.17, 15) is 0 Å². The Kier molecular flexibility index (Phi) is 18.0. The van der Waals surface area contributed by atoms with E-state index in [4.69, 9.17) is 5.11 Å². The fraction of sp³-hybridized carbons (Fsp3) is 1.00. The van der Waals surface area contributed by atoms with Crippen LogP contribution in [-0.2, 0) is 0 Å². The van der Waals surface area contributed by atoms with Crippen molar-refractivity contribution in [3.8, 4) is 0 Å². The Morgan fingerprint density at radius 1 is 1.11 bits per heavy atom. The maximum Gasteiger partial charge on any atom is 1.00 e. The van der Waals surface area contributed by atoms with Gasteiger partial charge in [-0.1, -0.05) is 32.6 Å². The van der Waals surface area contributed by atoms with Crippen molar-refractivity contribution in [2.45, 2.75) is 39.0 Å². The Hall–Kier alpha value is 1.60. The van der Waals surface area contributed by atoms with Crippen LogP contribution in [-0.4, -0.2) is 11.7 Å². The molecule has 0 fully saturated rings. The predicted octanol–water partition coefficient (Wildman–Crippen LogP) is -0.934. The first-order valence-electron chi connectivity index (χ1n) is 3.52. The van der Waals surface area contributed by atoms with Crippen LogP contribution < -0.4 is 51.4 Å². The average Bonchev–Trinajstić information content (AvgIpc) is 1.81. The van der Waals surface area contributed by atoms with Crippen molar-refractivity contribution in [3.63, 3.8) is 0 Å². The van der Waals surface area contributed by atoms with E-state index in [1.807, 2.05) is 0 Å². The molecule has 0 aliphatic carbocycles. The molecule has 0 rings (SSSR count). The van der Waals surface area contributed by atoms with Crippen LogP contribution in [0, 0.1) is 0 Å². The van der Waals surface area contributed by atoms with Gasteiger partial charge in [-0.3, -0.25) is 0 Å². The largest absolute Gasteiger partial charge is 1.00 e. The van der Waals surface area contributed by atoms with Gasteiger partial charge in [0.15, 0.2) is 0 Å². The van der Waals surface area contributed by atoms with E-state index in [2.05, 4.69) is 6.92 Å². The summed E-state index contributed by atoms with van der Waals surface area (Å²) >= 11 is 0. The molecule has 0 aromatic carbocycles. The molecule has 0 saturated heterocycles. The number of unbranched alkanes of at least 4 members (excludes halogenated alkanes) is 4. The quantitative estimate of drug-likeness (QED) is 0.403. The van der Waals surface area contributed by atoms with E-state index in [1.54, 1.807) is 0 Å². The van der Waals surface area contributed by atoms with Crippen molar-refractivity contribution in [2.75, 3.05) is 6.61 Å². The first kappa shape index (κ1) is 13.2. The van der Waals surface area contributed by atoms with Gasteiger partial charge in [-0.15, -0.1) is 0 Å². The van der Waals surface area contributed by atoms with Crippen molar-refractivity contribution in [1.82, 2.24) is 0 Å².